The lowest BCUT2D eigenvalue weighted by atomic mass is 9.81. The van der Waals surface area contributed by atoms with E-state index in [1.54, 1.807) is 0 Å². The predicted molar refractivity (Wildman–Crippen MR) is 79.6 cm³/mol. The van der Waals surface area contributed by atoms with Crippen molar-refractivity contribution in [3.05, 3.63) is 28.2 Å². The summed E-state index contributed by atoms with van der Waals surface area (Å²) in [5, 5.41) is 3.00. The van der Waals surface area contributed by atoms with Gasteiger partial charge in [-0.15, -0.1) is 0 Å². The average Bonchev–Trinajstić information content (AvgIpc) is 2.38. The number of halogens is 1. The van der Waals surface area contributed by atoms with Crippen molar-refractivity contribution < 1.29 is 4.79 Å². The molecule has 0 atom stereocenters. The SMILES string of the molecule is CCC(CC)(CN)C(=O)Nc1cccc(Br)c1C. The monoisotopic (exact) mass is 312 g/mol. The third kappa shape index (κ3) is 2.93. The summed E-state index contributed by atoms with van der Waals surface area (Å²) in [6.07, 6.45) is 1.50. The van der Waals surface area contributed by atoms with Gasteiger partial charge in [0.05, 0.1) is 5.41 Å². The number of carbonyl (C=O) groups excluding carboxylic acids is 1. The molecule has 0 spiro atoms. The zero-order valence-electron chi connectivity index (χ0n) is 11.2. The highest BCUT2D eigenvalue weighted by Gasteiger charge is 2.33. The van der Waals surface area contributed by atoms with Gasteiger partial charge in [0.25, 0.3) is 0 Å². The van der Waals surface area contributed by atoms with Crippen LogP contribution in [0, 0.1) is 12.3 Å². The van der Waals surface area contributed by atoms with Crippen molar-refractivity contribution in [2.24, 2.45) is 11.1 Å². The molecule has 4 heteroatoms. The van der Waals surface area contributed by atoms with E-state index in [1.807, 2.05) is 39.0 Å². The minimum Gasteiger partial charge on any atom is -0.329 e. The van der Waals surface area contributed by atoms with E-state index in [1.165, 1.54) is 0 Å². The second-order valence-electron chi connectivity index (χ2n) is 4.56. The molecule has 0 aliphatic heterocycles. The molecule has 0 radical (unpaired) electrons. The molecule has 0 fully saturated rings. The first kappa shape index (κ1) is 15.2. The molecule has 1 aromatic carbocycles. The topological polar surface area (TPSA) is 55.1 Å². The number of nitrogens with one attached hydrogen (secondary N) is 1. The molecule has 1 amide bonds. The van der Waals surface area contributed by atoms with Crippen LogP contribution in [0.3, 0.4) is 0 Å². The van der Waals surface area contributed by atoms with E-state index in [2.05, 4.69) is 21.2 Å². The van der Waals surface area contributed by atoms with Crippen molar-refractivity contribution in [2.75, 3.05) is 11.9 Å². The van der Waals surface area contributed by atoms with Crippen LogP contribution in [0.15, 0.2) is 22.7 Å². The van der Waals surface area contributed by atoms with Gasteiger partial charge in [-0.3, -0.25) is 4.79 Å². The Kier molecular flexibility index (Phi) is 5.35. The molecule has 0 unspecified atom stereocenters. The minimum absolute atomic E-state index is 0.0104. The maximum atomic E-state index is 12.4. The summed E-state index contributed by atoms with van der Waals surface area (Å²) in [7, 11) is 0. The molecule has 0 aromatic heterocycles. The van der Waals surface area contributed by atoms with Crippen LogP contribution in [0.5, 0.6) is 0 Å². The summed E-state index contributed by atoms with van der Waals surface area (Å²) in [5.41, 5.74) is 7.19. The van der Waals surface area contributed by atoms with Crippen LogP contribution < -0.4 is 11.1 Å². The van der Waals surface area contributed by atoms with Gasteiger partial charge in [-0.2, -0.15) is 0 Å². The van der Waals surface area contributed by atoms with E-state index in [0.717, 1.165) is 28.6 Å². The standard InChI is InChI=1S/C14H21BrN2O/c1-4-14(5-2,9-16)13(18)17-12-8-6-7-11(15)10(12)3/h6-8H,4-5,9,16H2,1-3H3,(H,17,18). The highest BCUT2D eigenvalue weighted by Crippen LogP contribution is 2.29. The zero-order chi connectivity index (χ0) is 13.8. The molecular weight excluding hydrogens is 292 g/mol. The fraction of sp³-hybridized carbons (Fsp3) is 0.500. The Morgan fingerprint density at radius 2 is 2.00 bits per heavy atom. The lowest BCUT2D eigenvalue weighted by molar-refractivity contribution is -0.125. The third-order valence-corrected chi connectivity index (χ3v) is 4.60. The van der Waals surface area contributed by atoms with Crippen molar-refractivity contribution in [3.8, 4) is 0 Å². The Morgan fingerprint density at radius 1 is 1.39 bits per heavy atom. The maximum Gasteiger partial charge on any atom is 0.231 e. The Morgan fingerprint density at radius 3 is 2.50 bits per heavy atom. The number of benzene rings is 1. The van der Waals surface area contributed by atoms with Crippen LogP contribution in [0.4, 0.5) is 5.69 Å². The number of amides is 1. The van der Waals surface area contributed by atoms with E-state index in [0.29, 0.717) is 6.54 Å². The predicted octanol–water partition coefficient (Wildman–Crippen LogP) is 3.46. The molecule has 3 N–H and O–H groups in total. The summed E-state index contributed by atoms with van der Waals surface area (Å²) < 4.78 is 0.992. The van der Waals surface area contributed by atoms with Crippen LogP contribution in [0.1, 0.15) is 32.3 Å². The van der Waals surface area contributed by atoms with Crippen LogP contribution in [-0.2, 0) is 4.79 Å². The van der Waals surface area contributed by atoms with Gasteiger partial charge in [0.15, 0.2) is 0 Å². The number of anilines is 1. The largest absolute Gasteiger partial charge is 0.329 e. The van der Waals surface area contributed by atoms with Crippen LogP contribution in [0.25, 0.3) is 0 Å². The first-order valence-corrected chi connectivity index (χ1v) is 7.06. The van der Waals surface area contributed by atoms with Gasteiger partial charge in [0, 0.05) is 16.7 Å². The Hall–Kier alpha value is -0.870. The zero-order valence-corrected chi connectivity index (χ0v) is 12.8. The lowest BCUT2D eigenvalue weighted by Crippen LogP contribution is -2.41. The molecule has 0 saturated heterocycles. The quantitative estimate of drug-likeness (QED) is 0.874. The molecule has 1 aromatic rings. The Balaban J connectivity index is 2.97. The summed E-state index contributed by atoms with van der Waals surface area (Å²) in [5.74, 6) is 0.0104. The van der Waals surface area contributed by atoms with Gasteiger partial charge >= 0.3 is 0 Å². The van der Waals surface area contributed by atoms with Gasteiger partial charge in [-0.05, 0) is 37.5 Å². The van der Waals surface area contributed by atoms with Gasteiger partial charge in [0.2, 0.25) is 5.91 Å². The van der Waals surface area contributed by atoms with Gasteiger partial charge in [-0.1, -0.05) is 35.8 Å². The van der Waals surface area contributed by atoms with Crippen molar-refractivity contribution >= 4 is 27.5 Å². The number of rotatable bonds is 5. The number of hydrogen-bond donors (Lipinski definition) is 2. The molecule has 1 rings (SSSR count). The van der Waals surface area contributed by atoms with E-state index < -0.39 is 5.41 Å². The van der Waals surface area contributed by atoms with Crippen molar-refractivity contribution in [3.63, 3.8) is 0 Å². The minimum atomic E-state index is -0.464. The van der Waals surface area contributed by atoms with Crippen LogP contribution >= 0.6 is 15.9 Å². The molecule has 0 aliphatic rings. The van der Waals surface area contributed by atoms with E-state index in [4.69, 9.17) is 5.73 Å². The molecule has 3 nitrogen and oxygen atoms in total. The molecule has 18 heavy (non-hydrogen) atoms. The van der Waals surface area contributed by atoms with E-state index >= 15 is 0 Å². The molecule has 0 aliphatic carbocycles. The second-order valence-corrected chi connectivity index (χ2v) is 5.41. The van der Waals surface area contributed by atoms with Gasteiger partial charge in [0.1, 0.15) is 0 Å². The first-order valence-electron chi connectivity index (χ1n) is 6.27. The Bertz CT molecular complexity index is 420. The molecule has 0 bridgehead atoms. The van der Waals surface area contributed by atoms with E-state index in [9.17, 15) is 4.79 Å². The number of nitrogens with two attached hydrogens (primary N) is 1. The molecule has 0 heterocycles. The molecular formula is C14H21BrN2O. The van der Waals surface area contributed by atoms with Gasteiger partial charge in [-0.25, -0.2) is 0 Å². The van der Waals surface area contributed by atoms with Crippen LogP contribution in [-0.4, -0.2) is 12.5 Å². The second kappa shape index (κ2) is 6.34. The maximum absolute atomic E-state index is 12.4. The average molecular weight is 313 g/mol. The fourth-order valence-corrected chi connectivity index (χ4v) is 2.32. The lowest BCUT2D eigenvalue weighted by Gasteiger charge is -2.28. The van der Waals surface area contributed by atoms with Crippen molar-refractivity contribution in [2.45, 2.75) is 33.6 Å². The normalized spacial score (nSPS) is 11.4. The molecule has 0 saturated carbocycles. The first-order chi connectivity index (χ1) is 8.50. The highest BCUT2D eigenvalue weighted by molar-refractivity contribution is 9.10. The Labute approximate surface area is 117 Å². The smallest absolute Gasteiger partial charge is 0.231 e. The number of hydrogen-bond acceptors (Lipinski definition) is 2. The third-order valence-electron chi connectivity index (χ3n) is 3.74. The highest BCUT2D eigenvalue weighted by atomic mass is 79.9. The summed E-state index contributed by atoms with van der Waals surface area (Å²) in [6, 6.07) is 5.78. The van der Waals surface area contributed by atoms with Crippen molar-refractivity contribution in [1.82, 2.24) is 0 Å². The van der Waals surface area contributed by atoms with Crippen molar-refractivity contribution in [1.29, 1.82) is 0 Å². The van der Waals surface area contributed by atoms with Crippen LogP contribution in [0.2, 0.25) is 0 Å². The molecule has 100 valence electrons. The fourth-order valence-electron chi connectivity index (χ4n) is 1.95. The summed E-state index contributed by atoms with van der Waals surface area (Å²) in [4.78, 5) is 12.4. The summed E-state index contributed by atoms with van der Waals surface area (Å²) >= 11 is 3.46. The summed E-state index contributed by atoms with van der Waals surface area (Å²) in [6.45, 7) is 6.36. The number of carbonyl (C=O) groups is 1. The van der Waals surface area contributed by atoms with Gasteiger partial charge < -0.3 is 11.1 Å². The van der Waals surface area contributed by atoms with E-state index in [-0.39, 0.29) is 5.91 Å².